The molecule has 2 aromatic carbocycles. The molecule has 0 bridgehead atoms. The van der Waals surface area contributed by atoms with Gasteiger partial charge in [0.25, 0.3) is 5.91 Å². The van der Waals surface area contributed by atoms with E-state index in [9.17, 15) is 9.59 Å². The van der Waals surface area contributed by atoms with Crippen LogP contribution in [0.5, 0.6) is 11.5 Å². The molecule has 24 heavy (non-hydrogen) atoms. The van der Waals surface area contributed by atoms with Crippen molar-refractivity contribution in [1.29, 1.82) is 0 Å². The number of rotatable bonds is 6. The van der Waals surface area contributed by atoms with Crippen LogP contribution in [0.15, 0.2) is 30.3 Å². The maximum absolute atomic E-state index is 12.1. The summed E-state index contributed by atoms with van der Waals surface area (Å²) in [6, 6.07) is 8.98. The van der Waals surface area contributed by atoms with Crippen molar-refractivity contribution in [2.75, 3.05) is 19.0 Å². The first kappa shape index (κ1) is 18.3. The highest BCUT2D eigenvalue weighted by Crippen LogP contribution is 2.33. The van der Waals surface area contributed by atoms with E-state index in [1.54, 1.807) is 12.1 Å². The van der Waals surface area contributed by atoms with Crippen molar-refractivity contribution in [3.8, 4) is 11.5 Å². The molecule has 0 atom stereocenters. The van der Waals surface area contributed by atoms with Crippen LogP contribution in [0, 0.1) is 17.4 Å². The first-order valence-corrected chi connectivity index (χ1v) is 8.35. The van der Waals surface area contributed by atoms with Gasteiger partial charge in [0.2, 0.25) is 0 Å². The number of nitrogens with one attached hydrogen (secondary N) is 1. The molecule has 5 nitrogen and oxygen atoms in total. The summed E-state index contributed by atoms with van der Waals surface area (Å²) in [4.78, 5) is 23.1. The number of carbonyl (C=O) groups is 2. The van der Waals surface area contributed by atoms with Crippen LogP contribution in [-0.4, -0.2) is 25.9 Å². The lowest BCUT2D eigenvalue weighted by Gasteiger charge is -2.14. The standard InChI is InChI=1S/C18H18INO4/c1-11-5-4-6-15(12(11)2)20-17(22)10-24-18-14(19)7-13(9-21)8-16(18)23-3/h4-9H,10H2,1-3H3,(H,20,22). The number of halogens is 1. The van der Waals surface area contributed by atoms with Crippen molar-refractivity contribution < 1.29 is 19.1 Å². The van der Waals surface area contributed by atoms with Gasteiger partial charge in [0.05, 0.1) is 10.7 Å². The van der Waals surface area contributed by atoms with Gasteiger partial charge in [-0.1, -0.05) is 12.1 Å². The van der Waals surface area contributed by atoms with Gasteiger partial charge < -0.3 is 14.8 Å². The molecule has 126 valence electrons. The summed E-state index contributed by atoms with van der Waals surface area (Å²) in [5.74, 6) is 0.601. The first-order chi connectivity index (χ1) is 11.5. The molecule has 1 amide bonds. The number of methoxy groups -OCH3 is 1. The van der Waals surface area contributed by atoms with Crippen molar-refractivity contribution in [2.45, 2.75) is 13.8 Å². The fraction of sp³-hybridized carbons (Fsp3) is 0.222. The second kappa shape index (κ2) is 8.14. The zero-order chi connectivity index (χ0) is 17.7. The minimum absolute atomic E-state index is 0.153. The van der Waals surface area contributed by atoms with E-state index < -0.39 is 0 Å². The SMILES string of the molecule is COc1cc(C=O)cc(I)c1OCC(=O)Nc1cccc(C)c1C. The van der Waals surface area contributed by atoms with Crippen LogP contribution in [0.2, 0.25) is 0 Å². The molecular weight excluding hydrogens is 421 g/mol. The quantitative estimate of drug-likeness (QED) is 0.550. The van der Waals surface area contributed by atoms with E-state index in [4.69, 9.17) is 9.47 Å². The summed E-state index contributed by atoms with van der Waals surface area (Å²) in [6.45, 7) is 3.79. The maximum atomic E-state index is 12.1. The molecule has 0 saturated heterocycles. The number of anilines is 1. The van der Waals surface area contributed by atoms with Crippen molar-refractivity contribution in [3.05, 3.63) is 50.6 Å². The predicted octanol–water partition coefficient (Wildman–Crippen LogP) is 3.75. The predicted molar refractivity (Wildman–Crippen MR) is 101 cm³/mol. The van der Waals surface area contributed by atoms with Crippen LogP contribution in [-0.2, 0) is 4.79 Å². The van der Waals surface area contributed by atoms with Crippen molar-refractivity contribution in [3.63, 3.8) is 0 Å². The molecule has 0 fully saturated rings. The number of ether oxygens (including phenoxy) is 2. The van der Waals surface area contributed by atoms with Gasteiger partial charge in [-0.05, 0) is 65.8 Å². The van der Waals surface area contributed by atoms with E-state index in [0.717, 1.165) is 23.1 Å². The Hall–Kier alpha value is -2.09. The van der Waals surface area contributed by atoms with Gasteiger partial charge in [0.15, 0.2) is 18.1 Å². The highest BCUT2D eigenvalue weighted by molar-refractivity contribution is 14.1. The van der Waals surface area contributed by atoms with E-state index in [2.05, 4.69) is 5.32 Å². The largest absolute Gasteiger partial charge is 0.493 e. The summed E-state index contributed by atoms with van der Waals surface area (Å²) in [5.41, 5.74) is 3.38. The van der Waals surface area contributed by atoms with Crippen LogP contribution in [0.25, 0.3) is 0 Å². The van der Waals surface area contributed by atoms with Crippen LogP contribution in [0.4, 0.5) is 5.69 Å². The molecule has 0 aliphatic heterocycles. The minimum Gasteiger partial charge on any atom is -0.493 e. The molecule has 0 unspecified atom stereocenters. The van der Waals surface area contributed by atoms with Gasteiger partial charge in [-0.3, -0.25) is 9.59 Å². The number of benzene rings is 2. The Bertz CT molecular complexity index is 774. The highest BCUT2D eigenvalue weighted by atomic mass is 127. The molecule has 0 heterocycles. The summed E-state index contributed by atoms with van der Waals surface area (Å²) >= 11 is 2.04. The molecule has 0 radical (unpaired) electrons. The summed E-state index contributed by atoms with van der Waals surface area (Å²) in [6.07, 6.45) is 0.738. The van der Waals surface area contributed by atoms with Crippen LogP contribution < -0.4 is 14.8 Å². The fourth-order valence-corrected chi connectivity index (χ4v) is 2.94. The molecule has 6 heteroatoms. The van der Waals surface area contributed by atoms with E-state index in [1.807, 2.05) is 54.6 Å². The monoisotopic (exact) mass is 439 g/mol. The summed E-state index contributed by atoms with van der Waals surface area (Å²) in [5, 5.41) is 2.84. The molecule has 2 aromatic rings. The lowest BCUT2D eigenvalue weighted by molar-refractivity contribution is -0.118. The number of aryl methyl sites for hydroxylation is 1. The second-order valence-electron chi connectivity index (χ2n) is 5.24. The Balaban J connectivity index is 2.09. The number of hydrogen-bond acceptors (Lipinski definition) is 4. The first-order valence-electron chi connectivity index (χ1n) is 7.27. The molecule has 0 spiro atoms. The topological polar surface area (TPSA) is 64.6 Å². The number of hydrogen-bond donors (Lipinski definition) is 1. The zero-order valence-electron chi connectivity index (χ0n) is 13.7. The van der Waals surface area contributed by atoms with Crippen molar-refractivity contribution in [1.82, 2.24) is 0 Å². The second-order valence-corrected chi connectivity index (χ2v) is 6.40. The minimum atomic E-state index is -0.263. The fourth-order valence-electron chi connectivity index (χ4n) is 2.16. The Morgan fingerprint density at radius 3 is 2.71 bits per heavy atom. The molecule has 0 saturated carbocycles. The number of aldehydes is 1. The van der Waals surface area contributed by atoms with E-state index in [-0.39, 0.29) is 12.5 Å². The van der Waals surface area contributed by atoms with E-state index >= 15 is 0 Å². The van der Waals surface area contributed by atoms with Gasteiger partial charge in [-0.2, -0.15) is 0 Å². The molecule has 0 aliphatic rings. The Morgan fingerprint density at radius 1 is 1.29 bits per heavy atom. The molecule has 0 aromatic heterocycles. The van der Waals surface area contributed by atoms with Crippen LogP contribution in [0.1, 0.15) is 21.5 Å². The lowest BCUT2D eigenvalue weighted by Crippen LogP contribution is -2.21. The van der Waals surface area contributed by atoms with Gasteiger partial charge >= 0.3 is 0 Å². The van der Waals surface area contributed by atoms with Crippen LogP contribution >= 0.6 is 22.6 Å². The molecule has 1 N–H and O–H groups in total. The smallest absolute Gasteiger partial charge is 0.262 e. The van der Waals surface area contributed by atoms with Gasteiger partial charge in [0.1, 0.15) is 6.29 Å². The molecule has 2 rings (SSSR count). The Kier molecular flexibility index (Phi) is 6.19. The number of amides is 1. The van der Waals surface area contributed by atoms with E-state index in [1.165, 1.54) is 7.11 Å². The molecule has 0 aliphatic carbocycles. The average Bonchev–Trinajstić information content (AvgIpc) is 2.57. The van der Waals surface area contributed by atoms with Gasteiger partial charge in [-0.25, -0.2) is 0 Å². The highest BCUT2D eigenvalue weighted by Gasteiger charge is 2.14. The third kappa shape index (κ3) is 4.25. The Labute approximate surface area is 154 Å². The zero-order valence-corrected chi connectivity index (χ0v) is 15.8. The lowest BCUT2D eigenvalue weighted by atomic mass is 10.1. The summed E-state index contributed by atoms with van der Waals surface area (Å²) < 4.78 is 11.5. The Morgan fingerprint density at radius 2 is 2.04 bits per heavy atom. The van der Waals surface area contributed by atoms with Gasteiger partial charge in [-0.15, -0.1) is 0 Å². The average molecular weight is 439 g/mol. The third-order valence-corrected chi connectivity index (χ3v) is 4.42. The van der Waals surface area contributed by atoms with Crippen molar-refractivity contribution in [2.24, 2.45) is 0 Å². The van der Waals surface area contributed by atoms with Crippen molar-refractivity contribution >= 4 is 40.5 Å². The van der Waals surface area contributed by atoms with Crippen LogP contribution in [0.3, 0.4) is 0 Å². The molecular formula is C18H18INO4. The van der Waals surface area contributed by atoms with E-state index in [0.29, 0.717) is 20.6 Å². The number of carbonyl (C=O) groups excluding carboxylic acids is 2. The maximum Gasteiger partial charge on any atom is 0.262 e. The van der Waals surface area contributed by atoms with Gasteiger partial charge in [0, 0.05) is 11.3 Å². The summed E-state index contributed by atoms with van der Waals surface area (Å²) in [7, 11) is 1.49. The third-order valence-electron chi connectivity index (χ3n) is 3.61. The normalized spacial score (nSPS) is 10.2.